The topological polar surface area (TPSA) is 61.9 Å². The number of rotatable bonds is 3. The van der Waals surface area contributed by atoms with Crippen LogP contribution in [0.2, 0.25) is 0 Å². The van der Waals surface area contributed by atoms with Gasteiger partial charge in [0.1, 0.15) is 0 Å². The molecule has 1 aromatic carbocycles. The molecule has 2 aliphatic rings. The highest BCUT2D eigenvalue weighted by molar-refractivity contribution is 5.94. The summed E-state index contributed by atoms with van der Waals surface area (Å²) in [7, 11) is 0. The third-order valence-electron chi connectivity index (χ3n) is 4.35. The Labute approximate surface area is 136 Å². The molecule has 6 heteroatoms. The van der Waals surface area contributed by atoms with Crippen molar-refractivity contribution in [2.75, 3.05) is 45.9 Å². The van der Waals surface area contributed by atoms with Crippen molar-refractivity contribution in [1.29, 1.82) is 0 Å². The summed E-state index contributed by atoms with van der Waals surface area (Å²) in [6.45, 7) is 4.61. The minimum absolute atomic E-state index is 0.0276. The summed E-state index contributed by atoms with van der Waals surface area (Å²) in [4.78, 5) is 28.4. The lowest BCUT2D eigenvalue weighted by atomic mass is 10.1. The fraction of sp³-hybridized carbons (Fsp3) is 0.529. The van der Waals surface area contributed by atoms with Crippen molar-refractivity contribution in [3.05, 3.63) is 35.9 Å². The Morgan fingerprint density at radius 3 is 2.43 bits per heavy atom. The molecule has 0 bridgehead atoms. The average molecular weight is 317 g/mol. The molecular formula is C17H23N3O3. The van der Waals surface area contributed by atoms with Gasteiger partial charge in [-0.2, -0.15) is 0 Å². The molecule has 3 rings (SSSR count). The van der Waals surface area contributed by atoms with Gasteiger partial charge in [0.15, 0.2) is 0 Å². The van der Waals surface area contributed by atoms with Gasteiger partial charge >= 0.3 is 0 Å². The molecule has 0 aliphatic carbocycles. The number of nitrogens with one attached hydrogen (secondary N) is 1. The maximum Gasteiger partial charge on any atom is 0.253 e. The number of piperazine rings is 1. The van der Waals surface area contributed by atoms with E-state index in [9.17, 15) is 9.59 Å². The standard InChI is InChI=1S/C17H23N3O3/c21-16(12-15-13-18-6-11-23-15)19-7-9-20(10-8-19)17(22)14-4-2-1-3-5-14/h1-5,15,18H,6-13H2. The Kier molecular flexibility index (Phi) is 5.25. The fourth-order valence-electron chi connectivity index (χ4n) is 3.00. The van der Waals surface area contributed by atoms with Crippen LogP contribution in [0.15, 0.2) is 30.3 Å². The number of nitrogens with zero attached hydrogens (tertiary/aromatic N) is 2. The van der Waals surface area contributed by atoms with Crippen molar-refractivity contribution < 1.29 is 14.3 Å². The van der Waals surface area contributed by atoms with Crippen LogP contribution < -0.4 is 5.32 Å². The van der Waals surface area contributed by atoms with Crippen LogP contribution in [0.5, 0.6) is 0 Å². The molecule has 0 saturated carbocycles. The number of carbonyl (C=O) groups excluding carboxylic acids is 2. The molecule has 23 heavy (non-hydrogen) atoms. The number of hydrogen-bond acceptors (Lipinski definition) is 4. The van der Waals surface area contributed by atoms with Gasteiger partial charge in [-0.1, -0.05) is 18.2 Å². The zero-order valence-corrected chi connectivity index (χ0v) is 13.2. The predicted octanol–water partition coefficient (Wildman–Crippen LogP) is 0.350. The maximum atomic E-state index is 12.4. The monoisotopic (exact) mass is 317 g/mol. The van der Waals surface area contributed by atoms with E-state index in [-0.39, 0.29) is 17.9 Å². The van der Waals surface area contributed by atoms with E-state index in [1.54, 1.807) is 0 Å². The molecule has 2 fully saturated rings. The summed E-state index contributed by atoms with van der Waals surface area (Å²) in [5.41, 5.74) is 0.703. The predicted molar refractivity (Wildman–Crippen MR) is 86.2 cm³/mol. The summed E-state index contributed by atoms with van der Waals surface area (Å²) in [6.07, 6.45) is 0.389. The zero-order chi connectivity index (χ0) is 16.1. The Balaban J connectivity index is 1.48. The van der Waals surface area contributed by atoms with Crippen LogP contribution in [0.1, 0.15) is 16.8 Å². The molecule has 1 unspecified atom stereocenters. The fourth-order valence-corrected chi connectivity index (χ4v) is 3.00. The Bertz CT molecular complexity index is 535. The second kappa shape index (κ2) is 7.57. The SMILES string of the molecule is O=C(CC1CNCCO1)N1CCN(C(=O)c2ccccc2)CC1. The highest BCUT2D eigenvalue weighted by Crippen LogP contribution is 2.11. The van der Waals surface area contributed by atoms with Gasteiger partial charge in [0.25, 0.3) is 5.91 Å². The first-order valence-corrected chi connectivity index (χ1v) is 8.18. The number of ether oxygens (including phenoxy) is 1. The Morgan fingerprint density at radius 2 is 1.78 bits per heavy atom. The number of amides is 2. The highest BCUT2D eigenvalue weighted by atomic mass is 16.5. The number of hydrogen-bond donors (Lipinski definition) is 1. The number of benzene rings is 1. The van der Waals surface area contributed by atoms with Gasteiger partial charge in [-0.15, -0.1) is 0 Å². The van der Waals surface area contributed by atoms with E-state index >= 15 is 0 Å². The molecule has 124 valence electrons. The molecule has 1 atom stereocenters. The van der Waals surface area contributed by atoms with Gasteiger partial charge in [0.05, 0.1) is 19.1 Å². The molecule has 2 amide bonds. The molecule has 1 aromatic rings. The smallest absolute Gasteiger partial charge is 0.253 e. The maximum absolute atomic E-state index is 12.4. The molecule has 1 N–H and O–H groups in total. The number of morpholine rings is 1. The van der Waals surface area contributed by atoms with Crippen LogP contribution >= 0.6 is 0 Å². The minimum Gasteiger partial charge on any atom is -0.375 e. The quantitative estimate of drug-likeness (QED) is 0.874. The molecular weight excluding hydrogens is 294 g/mol. The minimum atomic E-state index is -0.0276. The largest absolute Gasteiger partial charge is 0.375 e. The number of carbonyl (C=O) groups is 2. The Hall–Kier alpha value is -1.92. The molecule has 2 heterocycles. The van der Waals surface area contributed by atoms with Gasteiger partial charge in [-0.05, 0) is 12.1 Å². The van der Waals surface area contributed by atoms with Crippen LogP contribution in [0.3, 0.4) is 0 Å². The molecule has 0 radical (unpaired) electrons. The lowest BCUT2D eigenvalue weighted by molar-refractivity contribution is -0.136. The molecule has 0 spiro atoms. The third kappa shape index (κ3) is 4.09. The summed E-state index contributed by atoms with van der Waals surface area (Å²) in [5.74, 6) is 0.156. The lowest BCUT2D eigenvalue weighted by Gasteiger charge is -2.35. The van der Waals surface area contributed by atoms with Crippen molar-refractivity contribution in [3.63, 3.8) is 0 Å². The van der Waals surface area contributed by atoms with Gasteiger partial charge < -0.3 is 19.9 Å². The second-order valence-electron chi connectivity index (χ2n) is 5.94. The van der Waals surface area contributed by atoms with Crippen molar-refractivity contribution >= 4 is 11.8 Å². The van der Waals surface area contributed by atoms with E-state index in [0.29, 0.717) is 44.8 Å². The first-order chi connectivity index (χ1) is 11.2. The van der Waals surface area contributed by atoms with Gasteiger partial charge in [-0.3, -0.25) is 9.59 Å². The zero-order valence-electron chi connectivity index (χ0n) is 13.2. The molecule has 2 aliphatic heterocycles. The second-order valence-corrected chi connectivity index (χ2v) is 5.94. The van der Waals surface area contributed by atoms with Crippen molar-refractivity contribution in [2.45, 2.75) is 12.5 Å². The van der Waals surface area contributed by atoms with Crippen LogP contribution in [0, 0.1) is 0 Å². The summed E-state index contributed by atoms with van der Waals surface area (Å²) < 4.78 is 5.58. The van der Waals surface area contributed by atoms with E-state index in [0.717, 1.165) is 13.1 Å². The average Bonchev–Trinajstić information content (AvgIpc) is 2.63. The van der Waals surface area contributed by atoms with E-state index in [2.05, 4.69) is 5.32 Å². The van der Waals surface area contributed by atoms with Gasteiger partial charge in [-0.25, -0.2) is 0 Å². The van der Waals surface area contributed by atoms with Gasteiger partial charge in [0.2, 0.25) is 5.91 Å². The van der Waals surface area contributed by atoms with E-state index < -0.39 is 0 Å². The molecule has 0 aromatic heterocycles. The molecule has 6 nitrogen and oxygen atoms in total. The summed E-state index contributed by atoms with van der Waals surface area (Å²) in [6, 6.07) is 9.28. The van der Waals surface area contributed by atoms with E-state index in [4.69, 9.17) is 4.74 Å². The van der Waals surface area contributed by atoms with Gasteiger partial charge in [0, 0.05) is 44.8 Å². The van der Waals surface area contributed by atoms with Crippen LogP contribution in [0.4, 0.5) is 0 Å². The normalized spacial score (nSPS) is 22.0. The molecule has 2 saturated heterocycles. The first kappa shape index (κ1) is 16.0. The highest BCUT2D eigenvalue weighted by Gasteiger charge is 2.27. The Morgan fingerprint density at radius 1 is 1.09 bits per heavy atom. The van der Waals surface area contributed by atoms with E-state index in [1.807, 2.05) is 40.1 Å². The first-order valence-electron chi connectivity index (χ1n) is 8.18. The summed E-state index contributed by atoms with van der Waals surface area (Å²) >= 11 is 0. The van der Waals surface area contributed by atoms with Crippen molar-refractivity contribution in [1.82, 2.24) is 15.1 Å². The van der Waals surface area contributed by atoms with Crippen LogP contribution in [0.25, 0.3) is 0 Å². The van der Waals surface area contributed by atoms with Crippen LogP contribution in [-0.4, -0.2) is 73.6 Å². The summed E-state index contributed by atoms with van der Waals surface area (Å²) in [5, 5.41) is 3.23. The van der Waals surface area contributed by atoms with E-state index in [1.165, 1.54) is 0 Å². The van der Waals surface area contributed by atoms with Crippen molar-refractivity contribution in [2.24, 2.45) is 0 Å². The third-order valence-corrected chi connectivity index (χ3v) is 4.35. The van der Waals surface area contributed by atoms with Crippen LogP contribution in [-0.2, 0) is 9.53 Å². The van der Waals surface area contributed by atoms with Crippen molar-refractivity contribution in [3.8, 4) is 0 Å². The lowest BCUT2D eigenvalue weighted by Crippen LogP contribution is -2.51.